The average Bonchev–Trinajstić information content (AvgIpc) is 2.73. The number of hydrogen-bond donors (Lipinski definition) is 1. The third kappa shape index (κ3) is 2.53. The molecule has 0 bridgehead atoms. The number of benzene rings is 1. The molecule has 0 spiro atoms. The molecule has 2 heterocycles. The fraction of sp³-hybridized carbons (Fsp3) is 0.500. The predicted octanol–water partition coefficient (Wildman–Crippen LogP) is 3.40. The Kier molecular flexibility index (Phi) is 3.33. The normalized spacial score (nSPS) is 18.8. The van der Waals surface area contributed by atoms with Crippen molar-refractivity contribution in [1.29, 1.82) is 0 Å². The maximum atomic E-state index is 5.81. The van der Waals surface area contributed by atoms with E-state index in [2.05, 4.69) is 24.4 Å². The van der Waals surface area contributed by atoms with E-state index < -0.39 is 0 Å². The van der Waals surface area contributed by atoms with Gasteiger partial charge in [-0.3, -0.25) is 0 Å². The van der Waals surface area contributed by atoms with Crippen molar-refractivity contribution in [1.82, 2.24) is 5.32 Å². The minimum Gasteiger partial charge on any atom is -0.461 e. The van der Waals surface area contributed by atoms with Crippen LogP contribution in [0.1, 0.15) is 31.1 Å². The highest BCUT2D eigenvalue weighted by atomic mass is 16.5. The minimum atomic E-state index is 0.184. The van der Waals surface area contributed by atoms with Crippen LogP contribution in [0.15, 0.2) is 28.7 Å². The van der Waals surface area contributed by atoms with Crippen molar-refractivity contribution in [2.75, 3.05) is 13.2 Å². The lowest BCUT2D eigenvalue weighted by atomic mass is 9.92. The molecule has 2 aromatic rings. The van der Waals surface area contributed by atoms with Crippen molar-refractivity contribution in [3.8, 4) is 0 Å². The molecular formula is C16H21NO2. The predicted molar refractivity (Wildman–Crippen MR) is 76.2 cm³/mol. The van der Waals surface area contributed by atoms with Gasteiger partial charge in [0, 0.05) is 36.2 Å². The van der Waals surface area contributed by atoms with Gasteiger partial charge < -0.3 is 14.5 Å². The van der Waals surface area contributed by atoms with Crippen molar-refractivity contribution in [2.24, 2.45) is 0 Å². The van der Waals surface area contributed by atoms with Gasteiger partial charge in [-0.15, -0.1) is 0 Å². The number of furan rings is 1. The minimum absolute atomic E-state index is 0.184. The lowest BCUT2D eigenvalue weighted by Crippen LogP contribution is -2.46. The molecule has 3 heteroatoms. The summed E-state index contributed by atoms with van der Waals surface area (Å²) < 4.78 is 11.2. The van der Waals surface area contributed by atoms with Gasteiger partial charge in [-0.2, -0.15) is 0 Å². The molecular weight excluding hydrogens is 238 g/mol. The number of nitrogens with one attached hydrogen (secondary N) is 1. The summed E-state index contributed by atoms with van der Waals surface area (Å²) in [5, 5.41) is 4.92. The van der Waals surface area contributed by atoms with Crippen LogP contribution in [0.2, 0.25) is 0 Å². The maximum Gasteiger partial charge on any atom is 0.134 e. The smallest absolute Gasteiger partial charge is 0.134 e. The van der Waals surface area contributed by atoms with Crippen LogP contribution in [0.3, 0.4) is 0 Å². The number of fused-ring (bicyclic) bond motifs is 1. The zero-order valence-corrected chi connectivity index (χ0v) is 11.7. The van der Waals surface area contributed by atoms with E-state index in [0.29, 0.717) is 0 Å². The molecule has 1 aliphatic heterocycles. The van der Waals surface area contributed by atoms with Crippen LogP contribution in [0.5, 0.6) is 0 Å². The third-order valence-corrected chi connectivity index (χ3v) is 4.19. The van der Waals surface area contributed by atoms with Crippen molar-refractivity contribution >= 4 is 11.0 Å². The number of aryl methyl sites for hydroxylation is 1. The van der Waals surface area contributed by atoms with Gasteiger partial charge in [0.25, 0.3) is 0 Å². The number of rotatable bonds is 3. The van der Waals surface area contributed by atoms with Gasteiger partial charge in [0.15, 0.2) is 0 Å². The van der Waals surface area contributed by atoms with E-state index in [1.165, 1.54) is 10.9 Å². The van der Waals surface area contributed by atoms with E-state index in [1.54, 1.807) is 0 Å². The van der Waals surface area contributed by atoms with E-state index in [4.69, 9.17) is 9.15 Å². The quantitative estimate of drug-likeness (QED) is 0.917. The molecule has 19 heavy (non-hydrogen) atoms. The van der Waals surface area contributed by atoms with Gasteiger partial charge in [0.1, 0.15) is 11.3 Å². The molecule has 1 aromatic heterocycles. The van der Waals surface area contributed by atoms with Gasteiger partial charge in [-0.05, 0) is 32.8 Å². The molecule has 3 nitrogen and oxygen atoms in total. The van der Waals surface area contributed by atoms with Crippen LogP contribution in [0, 0.1) is 6.92 Å². The monoisotopic (exact) mass is 259 g/mol. The zero-order valence-electron chi connectivity index (χ0n) is 11.7. The third-order valence-electron chi connectivity index (χ3n) is 4.19. The second kappa shape index (κ2) is 4.99. The molecule has 0 aliphatic carbocycles. The van der Waals surface area contributed by atoms with E-state index in [0.717, 1.165) is 43.9 Å². The molecule has 1 fully saturated rings. The van der Waals surface area contributed by atoms with Crippen LogP contribution in [-0.2, 0) is 11.3 Å². The molecule has 0 atom stereocenters. The Morgan fingerprint density at radius 1 is 1.21 bits per heavy atom. The second-order valence-corrected chi connectivity index (χ2v) is 5.66. The molecule has 0 amide bonds. The van der Waals surface area contributed by atoms with E-state index in [-0.39, 0.29) is 5.54 Å². The maximum absolute atomic E-state index is 5.81. The Morgan fingerprint density at radius 2 is 1.95 bits per heavy atom. The lowest BCUT2D eigenvalue weighted by molar-refractivity contribution is 0.0446. The second-order valence-electron chi connectivity index (χ2n) is 5.66. The summed E-state index contributed by atoms with van der Waals surface area (Å²) in [6, 6.07) is 8.25. The van der Waals surface area contributed by atoms with Crippen LogP contribution in [0.25, 0.3) is 11.0 Å². The van der Waals surface area contributed by atoms with Crippen LogP contribution in [-0.4, -0.2) is 18.8 Å². The zero-order chi connectivity index (χ0) is 13.3. The Balaban J connectivity index is 1.79. The SMILES string of the molecule is Cc1oc2ccccc2c1CNC1(C)CCOCC1. The first kappa shape index (κ1) is 12.7. The van der Waals surface area contributed by atoms with E-state index in [9.17, 15) is 0 Å². The summed E-state index contributed by atoms with van der Waals surface area (Å²) in [5.74, 6) is 1.02. The summed E-state index contributed by atoms with van der Waals surface area (Å²) >= 11 is 0. The summed E-state index contributed by atoms with van der Waals surface area (Å²) in [7, 11) is 0. The Morgan fingerprint density at radius 3 is 2.74 bits per heavy atom. The van der Waals surface area contributed by atoms with Crippen molar-refractivity contribution in [3.05, 3.63) is 35.6 Å². The first-order chi connectivity index (χ1) is 9.18. The lowest BCUT2D eigenvalue weighted by Gasteiger charge is -2.34. The fourth-order valence-corrected chi connectivity index (χ4v) is 2.74. The topological polar surface area (TPSA) is 34.4 Å². The molecule has 1 N–H and O–H groups in total. The Bertz CT molecular complexity index is 567. The van der Waals surface area contributed by atoms with Gasteiger partial charge >= 0.3 is 0 Å². The van der Waals surface area contributed by atoms with Crippen LogP contribution >= 0.6 is 0 Å². The average molecular weight is 259 g/mol. The molecule has 0 saturated carbocycles. The number of para-hydroxylation sites is 1. The van der Waals surface area contributed by atoms with Gasteiger partial charge in [-0.1, -0.05) is 18.2 Å². The van der Waals surface area contributed by atoms with Crippen LogP contribution in [0.4, 0.5) is 0 Å². The highest BCUT2D eigenvalue weighted by Crippen LogP contribution is 2.27. The van der Waals surface area contributed by atoms with Gasteiger partial charge in [-0.25, -0.2) is 0 Å². The first-order valence-electron chi connectivity index (χ1n) is 6.98. The van der Waals surface area contributed by atoms with Crippen molar-refractivity contribution in [3.63, 3.8) is 0 Å². The first-order valence-corrected chi connectivity index (χ1v) is 6.98. The van der Waals surface area contributed by atoms with E-state index >= 15 is 0 Å². The Hall–Kier alpha value is -1.32. The molecule has 0 unspecified atom stereocenters. The highest BCUT2D eigenvalue weighted by molar-refractivity contribution is 5.82. The summed E-state index contributed by atoms with van der Waals surface area (Å²) in [5.41, 5.74) is 2.44. The summed E-state index contributed by atoms with van der Waals surface area (Å²) in [6.07, 6.45) is 2.14. The van der Waals surface area contributed by atoms with Gasteiger partial charge in [0.2, 0.25) is 0 Å². The standard InChI is InChI=1S/C16H21NO2/c1-12-14(13-5-3-4-6-15(13)19-12)11-17-16(2)7-9-18-10-8-16/h3-6,17H,7-11H2,1-2H3. The Labute approximate surface area is 113 Å². The van der Waals surface area contributed by atoms with Crippen LogP contribution < -0.4 is 5.32 Å². The molecule has 3 rings (SSSR count). The van der Waals surface area contributed by atoms with E-state index in [1.807, 2.05) is 19.1 Å². The molecule has 102 valence electrons. The molecule has 1 aliphatic rings. The number of hydrogen-bond acceptors (Lipinski definition) is 3. The molecule has 1 saturated heterocycles. The number of ether oxygens (including phenoxy) is 1. The van der Waals surface area contributed by atoms with Crippen molar-refractivity contribution in [2.45, 2.75) is 38.8 Å². The molecule has 0 radical (unpaired) electrons. The van der Waals surface area contributed by atoms with Crippen molar-refractivity contribution < 1.29 is 9.15 Å². The summed E-state index contributed by atoms with van der Waals surface area (Å²) in [4.78, 5) is 0. The van der Waals surface area contributed by atoms with Gasteiger partial charge in [0.05, 0.1) is 0 Å². The largest absolute Gasteiger partial charge is 0.461 e. The fourth-order valence-electron chi connectivity index (χ4n) is 2.74. The molecule has 1 aromatic carbocycles. The summed E-state index contributed by atoms with van der Waals surface area (Å²) in [6.45, 7) is 6.90. The highest BCUT2D eigenvalue weighted by Gasteiger charge is 2.27.